The molecule has 0 amide bonds. The molecule has 3 fully saturated rings. The fraction of sp³-hybridized carbons (Fsp3) is 0.737. The predicted molar refractivity (Wildman–Crippen MR) is 84.7 cm³/mol. The van der Waals surface area contributed by atoms with Gasteiger partial charge in [0.2, 0.25) is 0 Å². The molecule has 2 nitrogen and oxygen atoms in total. The fourth-order valence-electron chi connectivity index (χ4n) is 4.92. The second kappa shape index (κ2) is 5.00. The molecule has 0 saturated heterocycles. The molecule has 5 rings (SSSR count). The van der Waals surface area contributed by atoms with Crippen molar-refractivity contribution in [2.75, 3.05) is 0 Å². The van der Waals surface area contributed by atoms with E-state index in [1.165, 1.54) is 12.8 Å². The van der Waals surface area contributed by atoms with E-state index in [-0.39, 0.29) is 11.6 Å². The van der Waals surface area contributed by atoms with Crippen molar-refractivity contribution in [3.63, 3.8) is 0 Å². The first kappa shape index (κ1) is 14.9. The topological polar surface area (TPSA) is 26.3 Å². The molecular formula is C19H28O2. The van der Waals surface area contributed by atoms with Crippen molar-refractivity contribution >= 4 is 5.97 Å². The Morgan fingerprint density at radius 3 is 2.67 bits per heavy atom. The summed E-state index contributed by atoms with van der Waals surface area (Å²) in [4.78, 5) is 12.2. The monoisotopic (exact) mass is 288 g/mol. The quantitative estimate of drug-likeness (QED) is 0.418. The molecular weight excluding hydrogens is 260 g/mol. The first-order chi connectivity index (χ1) is 9.85. The van der Waals surface area contributed by atoms with Crippen molar-refractivity contribution in [1.29, 1.82) is 0 Å². The molecule has 116 valence electrons. The average molecular weight is 288 g/mol. The van der Waals surface area contributed by atoms with Gasteiger partial charge in [-0.25, -0.2) is 4.79 Å². The van der Waals surface area contributed by atoms with Crippen LogP contribution in [0, 0.1) is 23.7 Å². The Balaban J connectivity index is 1.91. The Hall–Kier alpha value is -1.05. The van der Waals surface area contributed by atoms with Gasteiger partial charge in [-0.05, 0) is 57.8 Å². The summed E-state index contributed by atoms with van der Waals surface area (Å²) in [7, 11) is 0. The van der Waals surface area contributed by atoms with Gasteiger partial charge in [0.15, 0.2) is 0 Å². The highest BCUT2D eigenvalue weighted by Gasteiger charge is 2.63. The summed E-state index contributed by atoms with van der Waals surface area (Å²) in [6.07, 6.45) is 5.73. The lowest BCUT2D eigenvalue weighted by Crippen LogP contribution is -2.62. The minimum atomic E-state index is -0.232. The lowest BCUT2D eigenvalue weighted by molar-refractivity contribution is -0.193. The number of rotatable bonds is 5. The first-order valence-electron chi connectivity index (χ1n) is 8.43. The van der Waals surface area contributed by atoms with Gasteiger partial charge >= 0.3 is 5.97 Å². The highest BCUT2D eigenvalue weighted by molar-refractivity contribution is 5.87. The van der Waals surface area contributed by atoms with Gasteiger partial charge in [0.25, 0.3) is 0 Å². The van der Waals surface area contributed by atoms with Crippen LogP contribution in [0.1, 0.15) is 59.8 Å². The Morgan fingerprint density at radius 2 is 2.14 bits per heavy atom. The van der Waals surface area contributed by atoms with E-state index in [2.05, 4.69) is 27.4 Å². The van der Waals surface area contributed by atoms with Crippen molar-refractivity contribution in [3.05, 3.63) is 23.3 Å². The largest absolute Gasteiger partial charge is 0.455 e. The summed E-state index contributed by atoms with van der Waals surface area (Å²) in [5, 5.41) is 0. The normalized spacial score (nSPS) is 36.7. The molecule has 0 aromatic rings. The third-order valence-electron chi connectivity index (χ3n) is 5.97. The second-order valence-corrected chi connectivity index (χ2v) is 7.91. The van der Waals surface area contributed by atoms with Gasteiger partial charge in [0.1, 0.15) is 5.60 Å². The summed E-state index contributed by atoms with van der Waals surface area (Å²) in [5.41, 5.74) is 3.51. The number of ether oxygens (including phenoxy) is 1. The molecule has 5 aliphatic rings. The molecule has 0 heterocycles. The smallest absolute Gasteiger partial charge is 0.333 e. The number of fused-ring (bicyclic) bond motifs is 1. The second-order valence-electron chi connectivity index (χ2n) is 7.91. The summed E-state index contributed by atoms with van der Waals surface area (Å²) < 4.78 is 6.15. The van der Waals surface area contributed by atoms with Gasteiger partial charge in [-0.15, -0.1) is 0 Å². The van der Waals surface area contributed by atoms with Gasteiger partial charge in [0, 0.05) is 17.4 Å². The molecule has 4 bridgehead atoms. The zero-order valence-electron chi connectivity index (χ0n) is 13.9. The van der Waals surface area contributed by atoms with Crippen LogP contribution in [0.4, 0.5) is 0 Å². The summed E-state index contributed by atoms with van der Waals surface area (Å²) >= 11 is 0. The minimum absolute atomic E-state index is 0.187. The lowest BCUT2D eigenvalue weighted by Gasteiger charge is -2.64. The molecule has 21 heavy (non-hydrogen) atoms. The first-order valence-corrected chi connectivity index (χ1v) is 8.43. The van der Waals surface area contributed by atoms with Crippen LogP contribution in [0.3, 0.4) is 0 Å². The van der Waals surface area contributed by atoms with Crippen molar-refractivity contribution in [2.24, 2.45) is 23.7 Å². The summed E-state index contributed by atoms with van der Waals surface area (Å²) in [5.74, 6) is 2.28. The maximum absolute atomic E-state index is 12.2. The number of hydrogen-bond donors (Lipinski definition) is 0. The SMILES string of the molecule is C=C(C)C(=O)OC1(CCC(C)C)C2CC(C)=C3C(C2)CC31. The molecule has 0 spiro atoms. The van der Waals surface area contributed by atoms with E-state index in [0.29, 0.717) is 23.3 Å². The third-order valence-corrected chi connectivity index (χ3v) is 5.97. The minimum Gasteiger partial charge on any atom is -0.455 e. The van der Waals surface area contributed by atoms with Crippen molar-refractivity contribution < 1.29 is 9.53 Å². The molecule has 0 aromatic heterocycles. The molecule has 0 aromatic carbocycles. The number of allylic oxidation sites excluding steroid dienone is 1. The van der Waals surface area contributed by atoms with E-state index < -0.39 is 0 Å². The van der Waals surface area contributed by atoms with Crippen LogP contribution in [-0.4, -0.2) is 11.6 Å². The Bertz CT molecular complexity index is 514. The van der Waals surface area contributed by atoms with Crippen LogP contribution >= 0.6 is 0 Å². The molecule has 3 saturated carbocycles. The van der Waals surface area contributed by atoms with Crippen LogP contribution in [0.5, 0.6) is 0 Å². The Labute approximate surface area is 128 Å². The van der Waals surface area contributed by atoms with Crippen molar-refractivity contribution in [1.82, 2.24) is 0 Å². The van der Waals surface area contributed by atoms with Gasteiger partial charge in [-0.3, -0.25) is 0 Å². The Morgan fingerprint density at radius 1 is 1.43 bits per heavy atom. The zero-order chi connectivity index (χ0) is 15.4. The standard InChI is InChI=1S/C19H28O2/c1-11(2)6-7-19(21-18(20)12(3)4)15-8-13(5)17-14(9-15)10-16(17)19/h11,14-16H,3,6-10H2,1-2,4-5H3. The van der Waals surface area contributed by atoms with Crippen molar-refractivity contribution in [2.45, 2.75) is 65.4 Å². The highest BCUT2D eigenvalue weighted by atomic mass is 16.6. The van der Waals surface area contributed by atoms with Gasteiger partial charge in [0.05, 0.1) is 0 Å². The van der Waals surface area contributed by atoms with Gasteiger partial charge < -0.3 is 4.74 Å². The van der Waals surface area contributed by atoms with Crippen LogP contribution in [0.25, 0.3) is 0 Å². The van der Waals surface area contributed by atoms with E-state index in [0.717, 1.165) is 25.2 Å². The van der Waals surface area contributed by atoms with Crippen LogP contribution in [-0.2, 0) is 9.53 Å². The number of esters is 1. The highest BCUT2D eigenvalue weighted by Crippen LogP contribution is 2.66. The van der Waals surface area contributed by atoms with Crippen LogP contribution in [0.15, 0.2) is 23.3 Å². The summed E-state index contributed by atoms with van der Waals surface area (Å²) in [6, 6.07) is 0. The van der Waals surface area contributed by atoms with E-state index in [9.17, 15) is 4.79 Å². The third kappa shape index (κ3) is 2.18. The molecule has 0 radical (unpaired) electrons. The average Bonchev–Trinajstić information content (AvgIpc) is 2.36. The zero-order valence-corrected chi connectivity index (χ0v) is 13.9. The maximum Gasteiger partial charge on any atom is 0.333 e. The van der Waals surface area contributed by atoms with E-state index in [1.54, 1.807) is 18.1 Å². The number of hydrogen-bond acceptors (Lipinski definition) is 2. The predicted octanol–water partition coefficient (Wildman–Crippen LogP) is 4.66. The van der Waals surface area contributed by atoms with E-state index in [1.807, 2.05) is 0 Å². The molecule has 5 aliphatic carbocycles. The molecule has 4 atom stereocenters. The molecule has 0 aliphatic heterocycles. The number of carbonyl (C=O) groups is 1. The molecule has 4 unspecified atom stereocenters. The molecule has 0 N–H and O–H groups in total. The number of carbonyl (C=O) groups excluding carboxylic acids is 1. The van der Waals surface area contributed by atoms with Crippen LogP contribution in [0.2, 0.25) is 0 Å². The van der Waals surface area contributed by atoms with Gasteiger partial charge in [-0.1, -0.05) is 31.6 Å². The van der Waals surface area contributed by atoms with Crippen LogP contribution < -0.4 is 0 Å². The Kier molecular flexibility index (Phi) is 3.54. The van der Waals surface area contributed by atoms with Gasteiger partial charge in [-0.2, -0.15) is 0 Å². The lowest BCUT2D eigenvalue weighted by atomic mass is 9.44. The molecule has 2 heteroatoms. The van der Waals surface area contributed by atoms with E-state index >= 15 is 0 Å². The van der Waals surface area contributed by atoms with Crippen molar-refractivity contribution in [3.8, 4) is 0 Å². The maximum atomic E-state index is 12.2. The summed E-state index contributed by atoms with van der Waals surface area (Å²) in [6.45, 7) is 12.3. The van der Waals surface area contributed by atoms with E-state index in [4.69, 9.17) is 4.74 Å². The fourth-order valence-corrected chi connectivity index (χ4v) is 4.92.